The highest BCUT2D eigenvalue weighted by Gasteiger charge is 2.00. The van der Waals surface area contributed by atoms with E-state index < -0.39 is 0 Å². The lowest BCUT2D eigenvalue weighted by molar-refractivity contribution is -0.271. The van der Waals surface area contributed by atoms with E-state index in [-0.39, 0.29) is 5.97 Å². The second-order valence-corrected chi connectivity index (χ2v) is 3.43. The second kappa shape index (κ2) is 11.2. The van der Waals surface area contributed by atoms with Crippen molar-refractivity contribution in [3.63, 3.8) is 0 Å². The van der Waals surface area contributed by atoms with Crippen molar-refractivity contribution < 1.29 is 14.6 Å². The lowest BCUT2D eigenvalue weighted by atomic mass is 10.2. The molecule has 0 aromatic heterocycles. The molecule has 0 atom stereocenters. The Morgan fingerprint density at radius 2 is 1.87 bits per heavy atom. The summed E-state index contributed by atoms with van der Waals surface area (Å²) < 4.78 is 0. The van der Waals surface area contributed by atoms with E-state index in [1.807, 2.05) is 6.92 Å². The molecule has 0 unspecified atom stereocenters. The van der Waals surface area contributed by atoms with Gasteiger partial charge in [0, 0.05) is 6.42 Å². The van der Waals surface area contributed by atoms with Gasteiger partial charge in [0.15, 0.2) is 0 Å². The fourth-order valence-electron chi connectivity index (χ4n) is 1.03. The first-order valence-electron chi connectivity index (χ1n) is 5.78. The van der Waals surface area contributed by atoms with Crippen LogP contribution in [0.1, 0.15) is 52.4 Å². The Hall–Kier alpha value is -0.830. The first-order chi connectivity index (χ1) is 7.31. The average molecular weight is 214 g/mol. The van der Waals surface area contributed by atoms with E-state index in [2.05, 4.69) is 24.0 Å². The summed E-state index contributed by atoms with van der Waals surface area (Å²) in [4.78, 5) is 20.1. The highest BCUT2D eigenvalue weighted by Crippen LogP contribution is 1.97. The Bertz CT molecular complexity index is 176. The van der Waals surface area contributed by atoms with Crippen LogP contribution in [0, 0.1) is 0 Å². The minimum atomic E-state index is -0.285. The number of carbonyl (C=O) groups excluding carboxylic acids is 1. The van der Waals surface area contributed by atoms with Crippen LogP contribution in [-0.4, -0.2) is 12.6 Å². The van der Waals surface area contributed by atoms with E-state index in [4.69, 9.17) is 4.89 Å². The van der Waals surface area contributed by atoms with E-state index in [1.165, 1.54) is 12.8 Å². The number of hydrogen-bond donors (Lipinski definition) is 0. The van der Waals surface area contributed by atoms with Crippen molar-refractivity contribution in [1.82, 2.24) is 0 Å². The molecule has 0 heterocycles. The summed E-state index contributed by atoms with van der Waals surface area (Å²) in [6.45, 7) is 4.54. The highest BCUT2D eigenvalue weighted by atomic mass is 17.2. The molecular weight excluding hydrogens is 192 g/mol. The molecule has 0 spiro atoms. The van der Waals surface area contributed by atoms with E-state index in [0.29, 0.717) is 13.0 Å². The standard InChI is InChI=1S/C12H22O3/c1-3-5-6-7-8-9-11-14-15-12(13)10-4-2/h7-8H,3-6,9-11H2,1-2H3/b8-7-. The molecule has 0 aromatic rings. The number of hydrogen-bond acceptors (Lipinski definition) is 3. The fraction of sp³-hybridized carbons (Fsp3) is 0.750. The van der Waals surface area contributed by atoms with Crippen molar-refractivity contribution >= 4 is 5.97 Å². The number of rotatable bonds is 9. The van der Waals surface area contributed by atoms with Gasteiger partial charge in [-0.3, -0.25) is 4.89 Å². The predicted octanol–water partition coefficient (Wildman–Crippen LogP) is 3.40. The van der Waals surface area contributed by atoms with Crippen LogP contribution in [0.25, 0.3) is 0 Å². The Balaban J connectivity index is 3.17. The van der Waals surface area contributed by atoms with Crippen molar-refractivity contribution in [1.29, 1.82) is 0 Å². The Kier molecular flexibility index (Phi) is 10.6. The van der Waals surface area contributed by atoms with Gasteiger partial charge in [0.05, 0.1) is 6.61 Å². The number of carbonyl (C=O) groups is 1. The normalized spacial score (nSPS) is 10.8. The van der Waals surface area contributed by atoms with Gasteiger partial charge in [-0.25, -0.2) is 4.79 Å². The van der Waals surface area contributed by atoms with E-state index in [0.717, 1.165) is 19.3 Å². The summed E-state index contributed by atoms with van der Waals surface area (Å²) in [6.07, 6.45) is 9.77. The highest BCUT2D eigenvalue weighted by molar-refractivity contribution is 5.68. The maximum absolute atomic E-state index is 10.9. The average Bonchev–Trinajstić information content (AvgIpc) is 2.22. The Morgan fingerprint density at radius 1 is 1.13 bits per heavy atom. The zero-order valence-electron chi connectivity index (χ0n) is 9.83. The molecule has 0 bridgehead atoms. The molecule has 0 aliphatic carbocycles. The van der Waals surface area contributed by atoms with Gasteiger partial charge in [-0.1, -0.05) is 38.8 Å². The number of unbranched alkanes of at least 4 members (excludes halogenated alkanes) is 2. The molecule has 0 radical (unpaired) electrons. The summed E-state index contributed by atoms with van der Waals surface area (Å²) in [7, 11) is 0. The quantitative estimate of drug-likeness (QED) is 0.255. The second-order valence-electron chi connectivity index (χ2n) is 3.43. The minimum Gasteiger partial charge on any atom is -0.298 e. The topological polar surface area (TPSA) is 35.5 Å². The summed E-state index contributed by atoms with van der Waals surface area (Å²) in [5, 5.41) is 0. The smallest absolute Gasteiger partial charge is 0.298 e. The maximum Gasteiger partial charge on any atom is 0.342 e. The SMILES string of the molecule is CCCC/C=C\CCOOC(=O)CCC. The monoisotopic (exact) mass is 214 g/mol. The molecule has 0 saturated heterocycles. The summed E-state index contributed by atoms with van der Waals surface area (Å²) >= 11 is 0. The molecule has 15 heavy (non-hydrogen) atoms. The van der Waals surface area contributed by atoms with Crippen molar-refractivity contribution in [3.05, 3.63) is 12.2 Å². The van der Waals surface area contributed by atoms with Crippen LogP contribution in [0.15, 0.2) is 12.2 Å². The van der Waals surface area contributed by atoms with E-state index in [9.17, 15) is 4.79 Å². The maximum atomic E-state index is 10.9. The van der Waals surface area contributed by atoms with Crippen molar-refractivity contribution in [2.24, 2.45) is 0 Å². The summed E-state index contributed by atoms with van der Waals surface area (Å²) in [5.41, 5.74) is 0. The van der Waals surface area contributed by atoms with Gasteiger partial charge in [-0.15, -0.1) is 0 Å². The molecule has 0 rings (SSSR count). The van der Waals surface area contributed by atoms with Gasteiger partial charge >= 0.3 is 5.97 Å². The van der Waals surface area contributed by atoms with Crippen molar-refractivity contribution in [3.8, 4) is 0 Å². The third kappa shape index (κ3) is 11.1. The molecule has 0 saturated carbocycles. The first-order valence-corrected chi connectivity index (χ1v) is 5.78. The molecule has 88 valence electrons. The van der Waals surface area contributed by atoms with Gasteiger partial charge in [-0.2, -0.15) is 4.89 Å². The van der Waals surface area contributed by atoms with Gasteiger partial charge in [0.1, 0.15) is 0 Å². The van der Waals surface area contributed by atoms with Gasteiger partial charge < -0.3 is 0 Å². The Morgan fingerprint density at radius 3 is 2.53 bits per heavy atom. The molecule has 0 aliphatic rings. The van der Waals surface area contributed by atoms with Crippen LogP contribution in [0.5, 0.6) is 0 Å². The van der Waals surface area contributed by atoms with Gasteiger partial charge in [0.25, 0.3) is 0 Å². The number of allylic oxidation sites excluding steroid dienone is 1. The minimum absolute atomic E-state index is 0.285. The van der Waals surface area contributed by atoms with Crippen LogP contribution in [0.3, 0.4) is 0 Å². The van der Waals surface area contributed by atoms with Crippen LogP contribution >= 0.6 is 0 Å². The molecule has 0 fully saturated rings. The molecule has 3 nitrogen and oxygen atoms in total. The summed E-state index contributed by atoms with van der Waals surface area (Å²) in [6, 6.07) is 0. The molecule has 0 N–H and O–H groups in total. The van der Waals surface area contributed by atoms with Crippen LogP contribution in [0.4, 0.5) is 0 Å². The molecule has 0 aliphatic heterocycles. The fourth-order valence-corrected chi connectivity index (χ4v) is 1.03. The van der Waals surface area contributed by atoms with Crippen LogP contribution < -0.4 is 0 Å². The van der Waals surface area contributed by atoms with Crippen molar-refractivity contribution in [2.45, 2.75) is 52.4 Å². The molecule has 3 heteroatoms. The zero-order valence-corrected chi connectivity index (χ0v) is 9.83. The van der Waals surface area contributed by atoms with Crippen molar-refractivity contribution in [2.75, 3.05) is 6.61 Å². The van der Waals surface area contributed by atoms with Crippen LogP contribution in [0.2, 0.25) is 0 Å². The summed E-state index contributed by atoms with van der Waals surface area (Å²) in [5.74, 6) is -0.285. The van der Waals surface area contributed by atoms with Gasteiger partial charge in [0.2, 0.25) is 0 Å². The molecule has 0 amide bonds. The lowest BCUT2D eigenvalue weighted by Crippen LogP contribution is -2.05. The molecular formula is C12H22O3. The predicted molar refractivity (Wildman–Crippen MR) is 60.2 cm³/mol. The third-order valence-corrected chi connectivity index (χ3v) is 1.86. The third-order valence-electron chi connectivity index (χ3n) is 1.86. The van der Waals surface area contributed by atoms with Crippen LogP contribution in [-0.2, 0) is 14.6 Å². The van der Waals surface area contributed by atoms with E-state index in [1.54, 1.807) is 0 Å². The van der Waals surface area contributed by atoms with Gasteiger partial charge in [-0.05, 0) is 19.3 Å². The largest absolute Gasteiger partial charge is 0.342 e. The first kappa shape index (κ1) is 14.2. The van der Waals surface area contributed by atoms with E-state index >= 15 is 0 Å². The lowest BCUT2D eigenvalue weighted by Gasteiger charge is -2.00. The zero-order chi connectivity index (χ0) is 11.4. The molecule has 0 aromatic carbocycles. The Labute approximate surface area is 92.4 Å².